The largest absolute Gasteiger partial charge is 0.367 e. The highest BCUT2D eigenvalue weighted by Crippen LogP contribution is 2.14. The van der Waals surface area contributed by atoms with E-state index in [1.807, 2.05) is 0 Å². The molecule has 0 atom stereocenters. The van der Waals surface area contributed by atoms with Crippen LogP contribution in [0.25, 0.3) is 11.2 Å². The minimum absolute atomic E-state index is 0.701. The molecule has 1 fully saturated rings. The molecule has 0 amide bonds. The SMILES string of the molecule is c1ccc(CN2CCN(CCNc3ncnc4nc[nH]c34)CC2)cc1. The summed E-state index contributed by atoms with van der Waals surface area (Å²) in [7, 11) is 0. The van der Waals surface area contributed by atoms with Gasteiger partial charge < -0.3 is 10.3 Å². The first-order chi connectivity index (χ1) is 12.4. The highest BCUT2D eigenvalue weighted by atomic mass is 15.3. The van der Waals surface area contributed by atoms with Gasteiger partial charge in [0.15, 0.2) is 11.5 Å². The van der Waals surface area contributed by atoms with Gasteiger partial charge in [0.25, 0.3) is 0 Å². The first-order valence-electron chi connectivity index (χ1n) is 8.75. The number of hydrogen-bond donors (Lipinski definition) is 2. The van der Waals surface area contributed by atoms with Crippen molar-refractivity contribution in [3.63, 3.8) is 0 Å². The van der Waals surface area contributed by atoms with Crippen molar-refractivity contribution in [2.45, 2.75) is 6.54 Å². The van der Waals surface area contributed by atoms with Gasteiger partial charge in [-0.2, -0.15) is 0 Å². The van der Waals surface area contributed by atoms with Gasteiger partial charge in [0.1, 0.15) is 11.8 Å². The standard InChI is InChI=1S/C18H23N7/c1-2-4-15(5-3-1)12-25-10-8-24(9-11-25)7-6-19-17-16-18(21-13-20-16)23-14-22-17/h1-5,13-14H,6-12H2,(H2,19,20,21,22,23). The Labute approximate surface area is 147 Å². The van der Waals surface area contributed by atoms with Crippen LogP contribution in [-0.2, 0) is 6.54 Å². The molecule has 2 N–H and O–H groups in total. The fourth-order valence-corrected chi connectivity index (χ4v) is 3.24. The average Bonchev–Trinajstić information content (AvgIpc) is 3.14. The Hall–Kier alpha value is -2.51. The summed E-state index contributed by atoms with van der Waals surface area (Å²) in [5.41, 5.74) is 2.96. The molecule has 4 rings (SSSR count). The molecule has 130 valence electrons. The lowest BCUT2D eigenvalue weighted by Gasteiger charge is -2.34. The van der Waals surface area contributed by atoms with E-state index in [-0.39, 0.29) is 0 Å². The number of imidazole rings is 1. The highest BCUT2D eigenvalue weighted by molar-refractivity contribution is 5.81. The van der Waals surface area contributed by atoms with Gasteiger partial charge in [-0.15, -0.1) is 0 Å². The molecule has 0 unspecified atom stereocenters. The molecule has 1 saturated heterocycles. The van der Waals surface area contributed by atoms with Crippen LogP contribution >= 0.6 is 0 Å². The lowest BCUT2D eigenvalue weighted by atomic mass is 10.2. The number of nitrogens with zero attached hydrogens (tertiary/aromatic N) is 5. The average molecular weight is 337 g/mol. The number of fused-ring (bicyclic) bond motifs is 1. The fraction of sp³-hybridized carbons (Fsp3) is 0.389. The van der Waals surface area contributed by atoms with E-state index in [0.29, 0.717) is 5.65 Å². The van der Waals surface area contributed by atoms with Gasteiger partial charge in [0, 0.05) is 45.8 Å². The minimum Gasteiger partial charge on any atom is -0.367 e. The summed E-state index contributed by atoms with van der Waals surface area (Å²) in [4.78, 5) is 20.7. The molecule has 1 aliphatic heterocycles. The van der Waals surface area contributed by atoms with E-state index >= 15 is 0 Å². The molecular weight excluding hydrogens is 314 g/mol. The van der Waals surface area contributed by atoms with Crippen LogP contribution in [-0.4, -0.2) is 69.0 Å². The van der Waals surface area contributed by atoms with Crippen molar-refractivity contribution < 1.29 is 0 Å². The third-order valence-electron chi connectivity index (χ3n) is 4.66. The number of nitrogens with one attached hydrogen (secondary N) is 2. The Morgan fingerprint density at radius 3 is 2.60 bits per heavy atom. The van der Waals surface area contributed by atoms with Crippen LogP contribution in [0, 0.1) is 0 Å². The Morgan fingerprint density at radius 1 is 0.960 bits per heavy atom. The number of benzene rings is 1. The van der Waals surface area contributed by atoms with E-state index in [9.17, 15) is 0 Å². The summed E-state index contributed by atoms with van der Waals surface area (Å²) in [6, 6.07) is 10.7. The molecule has 7 nitrogen and oxygen atoms in total. The summed E-state index contributed by atoms with van der Waals surface area (Å²) in [5.74, 6) is 0.824. The molecule has 3 heterocycles. The fourth-order valence-electron chi connectivity index (χ4n) is 3.24. The van der Waals surface area contributed by atoms with Gasteiger partial charge in [0.2, 0.25) is 0 Å². The second kappa shape index (κ2) is 7.58. The van der Waals surface area contributed by atoms with Gasteiger partial charge >= 0.3 is 0 Å². The van der Waals surface area contributed by atoms with Gasteiger partial charge in [-0.1, -0.05) is 30.3 Å². The first-order valence-corrected chi connectivity index (χ1v) is 8.75. The summed E-state index contributed by atoms with van der Waals surface area (Å²) in [5, 5.41) is 3.39. The number of H-pyrrole nitrogens is 1. The molecule has 1 aliphatic rings. The van der Waals surface area contributed by atoms with Gasteiger partial charge in [-0.25, -0.2) is 15.0 Å². The molecule has 3 aromatic rings. The summed E-state index contributed by atoms with van der Waals surface area (Å²) >= 11 is 0. The van der Waals surface area contributed by atoms with Crippen molar-refractivity contribution in [3.05, 3.63) is 48.5 Å². The Kier molecular flexibility index (Phi) is 4.85. The second-order valence-corrected chi connectivity index (χ2v) is 6.35. The third-order valence-corrected chi connectivity index (χ3v) is 4.66. The van der Waals surface area contributed by atoms with E-state index in [1.165, 1.54) is 5.56 Å². The van der Waals surface area contributed by atoms with Crippen molar-refractivity contribution in [1.82, 2.24) is 29.7 Å². The zero-order valence-corrected chi connectivity index (χ0v) is 14.2. The molecule has 0 spiro atoms. The number of rotatable bonds is 6. The molecule has 2 aromatic heterocycles. The monoisotopic (exact) mass is 337 g/mol. The van der Waals surface area contributed by atoms with E-state index in [4.69, 9.17) is 0 Å². The topological polar surface area (TPSA) is 73.0 Å². The van der Waals surface area contributed by atoms with E-state index in [1.54, 1.807) is 12.7 Å². The van der Waals surface area contributed by atoms with Crippen LogP contribution < -0.4 is 5.32 Å². The maximum atomic E-state index is 4.30. The van der Waals surface area contributed by atoms with Crippen LogP contribution in [0.3, 0.4) is 0 Å². The smallest absolute Gasteiger partial charge is 0.182 e. The minimum atomic E-state index is 0.701. The van der Waals surface area contributed by atoms with Crippen molar-refractivity contribution >= 4 is 17.0 Å². The van der Waals surface area contributed by atoms with E-state index < -0.39 is 0 Å². The summed E-state index contributed by atoms with van der Waals surface area (Å²) < 4.78 is 0. The number of anilines is 1. The summed E-state index contributed by atoms with van der Waals surface area (Å²) in [6.07, 6.45) is 3.20. The molecule has 0 saturated carbocycles. The van der Waals surface area contributed by atoms with Crippen molar-refractivity contribution in [2.24, 2.45) is 0 Å². The van der Waals surface area contributed by atoms with Gasteiger partial charge in [-0.05, 0) is 5.56 Å². The van der Waals surface area contributed by atoms with Crippen LogP contribution in [0.1, 0.15) is 5.56 Å². The van der Waals surface area contributed by atoms with E-state index in [2.05, 4.69) is 65.4 Å². The first kappa shape index (κ1) is 16.0. The van der Waals surface area contributed by atoms with E-state index in [0.717, 1.165) is 57.1 Å². The molecule has 25 heavy (non-hydrogen) atoms. The van der Waals surface area contributed by atoms with Crippen molar-refractivity contribution in [3.8, 4) is 0 Å². The lowest BCUT2D eigenvalue weighted by molar-refractivity contribution is 0.130. The zero-order chi connectivity index (χ0) is 16.9. The number of aromatic nitrogens is 4. The number of hydrogen-bond acceptors (Lipinski definition) is 6. The molecule has 0 radical (unpaired) electrons. The normalized spacial score (nSPS) is 16.3. The van der Waals surface area contributed by atoms with Gasteiger partial charge in [0.05, 0.1) is 6.33 Å². The van der Waals surface area contributed by atoms with Crippen molar-refractivity contribution in [2.75, 3.05) is 44.6 Å². The lowest BCUT2D eigenvalue weighted by Crippen LogP contribution is -2.47. The quantitative estimate of drug-likeness (QED) is 0.711. The molecule has 0 aliphatic carbocycles. The van der Waals surface area contributed by atoms with Crippen molar-refractivity contribution in [1.29, 1.82) is 0 Å². The summed E-state index contributed by atoms with van der Waals surface area (Å²) in [6.45, 7) is 7.38. The number of aromatic amines is 1. The maximum absolute atomic E-state index is 4.30. The Morgan fingerprint density at radius 2 is 1.76 bits per heavy atom. The van der Waals surface area contributed by atoms with Crippen LogP contribution in [0.4, 0.5) is 5.82 Å². The van der Waals surface area contributed by atoms with Gasteiger partial charge in [-0.3, -0.25) is 9.80 Å². The van der Waals surface area contributed by atoms with Crippen LogP contribution in [0.5, 0.6) is 0 Å². The number of piperazine rings is 1. The van der Waals surface area contributed by atoms with Crippen LogP contribution in [0.15, 0.2) is 43.0 Å². The maximum Gasteiger partial charge on any atom is 0.182 e. The second-order valence-electron chi connectivity index (χ2n) is 6.35. The zero-order valence-electron chi connectivity index (χ0n) is 14.2. The Balaban J connectivity index is 1.22. The predicted molar refractivity (Wildman–Crippen MR) is 98.3 cm³/mol. The molecule has 0 bridgehead atoms. The third kappa shape index (κ3) is 3.94. The molecule has 1 aromatic carbocycles. The molecule has 7 heteroatoms. The Bertz CT molecular complexity index is 793. The predicted octanol–water partition coefficient (Wildman–Crippen LogP) is 1.58. The highest BCUT2D eigenvalue weighted by Gasteiger charge is 2.16. The van der Waals surface area contributed by atoms with Crippen LogP contribution in [0.2, 0.25) is 0 Å². The molecular formula is C18H23N7.